The third-order valence-electron chi connectivity index (χ3n) is 2.92. The molecule has 0 aromatic heterocycles. The summed E-state index contributed by atoms with van der Waals surface area (Å²) >= 11 is 1.47. The van der Waals surface area contributed by atoms with Gasteiger partial charge in [-0.15, -0.1) is 0 Å². The predicted molar refractivity (Wildman–Crippen MR) is 70.6 cm³/mol. The van der Waals surface area contributed by atoms with Gasteiger partial charge in [0.15, 0.2) is 0 Å². The maximum atomic E-state index is 13.2. The predicted octanol–water partition coefficient (Wildman–Crippen LogP) is 1.05. The molecule has 1 atom stereocenters. The van der Waals surface area contributed by atoms with E-state index in [9.17, 15) is 14.0 Å². The highest BCUT2D eigenvalue weighted by molar-refractivity contribution is 7.99. The average molecular weight is 284 g/mol. The summed E-state index contributed by atoms with van der Waals surface area (Å²) in [5, 5.41) is 9.12. The molecule has 1 aliphatic heterocycles. The number of benzene rings is 1. The number of amides is 1. The van der Waals surface area contributed by atoms with Gasteiger partial charge < -0.3 is 15.7 Å². The Morgan fingerprint density at radius 1 is 1.47 bits per heavy atom. The Labute approximate surface area is 113 Å². The van der Waals surface area contributed by atoms with Gasteiger partial charge in [0, 0.05) is 23.7 Å². The lowest BCUT2D eigenvalue weighted by Gasteiger charge is -2.32. The monoisotopic (exact) mass is 284 g/mol. The number of nitrogens with zero attached hydrogens (tertiary/aromatic N) is 1. The Bertz CT molecular complexity index is 524. The fourth-order valence-corrected chi connectivity index (χ4v) is 2.96. The Kier molecular flexibility index (Phi) is 3.94. The number of nitrogens with two attached hydrogens (primary N) is 1. The van der Waals surface area contributed by atoms with E-state index in [0.717, 1.165) is 12.1 Å². The van der Waals surface area contributed by atoms with E-state index in [2.05, 4.69) is 0 Å². The van der Waals surface area contributed by atoms with Crippen LogP contribution in [-0.4, -0.2) is 46.0 Å². The van der Waals surface area contributed by atoms with Gasteiger partial charge in [0.2, 0.25) is 0 Å². The Hall–Kier alpha value is -1.76. The SMILES string of the molecule is Nc1ccc(F)cc1C(=O)N1CCSCC1C(=O)O. The van der Waals surface area contributed by atoms with E-state index in [0.29, 0.717) is 18.1 Å². The first kappa shape index (κ1) is 13.7. The largest absolute Gasteiger partial charge is 0.480 e. The topological polar surface area (TPSA) is 83.6 Å². The van der Waals surface area contributed by atoms with Crippen molar-refractivity contribution < 1.29 is 19.1 Å². The summed E-state index contributed by atoms with van der Waals surface area (Å²) in [6.45, 7) is 0.316. The van der Waals surface area contributed by atoms with Crippen LogP contribution in [0.15, 0.2) is 18.2 Å². The first-order valence-electron chi connectivity index (χ1n) is 5.67. The molecule has 1 amide bonds. The molecular weight excluding hydrogens is 271 g/mol. The molecule has 7 heteroatoms. The number of rotatable bonds is 2. The summed E-state index contributed by atoms with van der Waals surface area (Å²) in [6.07, 6.45) is 0. The minimum Gasteiger partial charge on any atom is -0.480 e. The standard InChI is InChI=1S/C12H13FN2O3S/c13-7-1-2-9(14)8(5-7)11(16)15-3-4-19-6-10(15)12(17)18/h1-2,5,10H,3-4,6,14H2,(H,17,18). The number of carboxylic acids is 1. The lowest BCUT2D eigenvalue weighted by molar-refractivity contribution is -0.141. The zero-order valence-electron chi connectivity index (χ0n) is 10.0. The van der Waals surface area contributed by atoms with Crippen molar-refractivity contribution in [1.29, 1.82) is 0 Å². The number of carbonyl (C=O) groups is 2. The maximum absolute atomic E-state index is 13.2. The first-order chi connectivity index (χ1) is 9.00. The van der Waals surface area contributed by atoms with Gasteiger partial charge in [-0.05, 0) is 18.2 Å². The van der Waals surface area contributed by atoms with E-state index >= 15 is 0 Å². The summed E-state index contributed by atoms with van der Waals surface area (Å²) in [5.74, 6) is -1.18. The average Bonchev–Trinajstić information content (AvgIpc) is 2.40. The molecule has 5 nitrogen and oxygen atoms in total. The molecule has 0 saturated carbocycles. The number of hydrogen-bond donors (Lipinski definition) is 2. The van der Waals surface area contributed by atoms with Crippen LogP contribution in [-0.2, 0) is 4.79 Å². The lowest BCUT2D eigenvalue weighted by Crippen LogP contribution is -2.50. The van der Waals surface area contributed by atoms with Crippen molar-refractivity contribution in [2.75, 3.05) is 23.8 Å². The molecule has 0 radical (unpaired) electrons. The maximum Gasteiger partial charge on any atom is 0.327 e. The van der Waals surface area contributed by atoms with E-state index in [-0.39, 0.29) is 11.3 Å². The minimum atomic E-state index is -1.06. The molecule has 0 spiro atoms. The summed E-state index contributed by atoms with van der Waals surface area (Å²) in [7, 11) is 0. The van der Waals surface area contributed by atoms with Crippen LogP contribution in [0.2, 0.25) is 0 Å². The lowest BCUT2D eigenvalue weighted by atomic mass is 10.1. The Morgan fingerprint density at radius 2 is 2.21 bits per heavy atom. The molecule has 102 valence electrons. The van der Waals surface area contributed by atoms with Gasteiger partial charge in [-0.1, -0.05) is 0 Å². The van der Waals surface area contributed by atoms with Crippen LogP contribution < -0.4 is 5.73 Å². The van der Waals surface area contributed by atoms with Crippen LogP contribution in [0.3, 0.4) is 0 Å². The molecule has 1 aliphatic rings. The Balaban J connectivity index is 2.31. The molecular formula is C12H13FN2O3S. The van der Waals surface area contributed by atoms with E-state index in [1.165, 1.54) is 22.7 Å². The van der Waals surface area contributed by atoms with E-state index in [4.69, 9.17) is 10.8 Å². The summed E-state index contributed by atoms with van der Waals surface area (Å²) in [4.78, 5) is 24.7. The van der Waals surface area contributed by atoms with Crippen molar-refractivity contribution in [1.82, 2.24) is 4.90 Å². The highest BCUT2D eigenvalue weighted by atomic mass is 32.2. The minimum absolute atomic E-state index is 0.0122. The van der Waals surface area contributed by atoms with Gasteiger partial charge in [-0.25, -0.2) is 9.18 Å². The smallest absolute Gasteiger partial charge is 0.327 e. The molecule has 1 heterocycles. The van der Waals surface area contributed by atoms with Crippen LogP contribution in [0.1, 0.15) is 10.4 Å². The third kappa shape index (κ3) is 2.81. The van der Waals surface area contributed by atoms with Gasteiger partial charge in [0.05, 0.1) is 5.56 Å². The number of carbonyl (C=O) groups excluding carboxylic acids is 1. The second-order valence-electron chi connectivity index (χ2n) is 4.16. The third-order valence-corrected chi connectivity index (χ3v) is 3.94. The van der Waals surface area contributed by atoms with Crippen LogP contribution in [0.4, 0.5) is 10.1 Å². The van der Waals surface area contributed by atoms with Gasteiger partial charge in [0.25, 0.3) is 5.91 Å². The van der Waals surface area contributed by atoms with Crippen molar-refractivity contribution in [3.05, 3.63) is 29.6 Å². The molecule has 1 fully saturated rings. The fraction of sp³-hybridized carbons (Fsp3) is 0.333. The molecule has 0 bridgehead atoms. The number of carboxylic acid groups (broad SMARTS) is 1. The van der Waals surface area contributed by atoms with E-state index < -0.39 is 23.7 Å². The molecule has 3 N–H and O–H groups in total. The normalized spacial score (nSPS) is 19.2. The number of anilines is 1. The molecule has 1 unspecified atom stereocenters. The van der Waals surface area contributed by atoms with Crippen molar-refractivity contribution in [3.63, 3.8) is 0 Å². The fourth-order valence-electron chi connectivity index (χ4n) is 1.92. The number of hydrogen-bond acceptors (Lipinski definition) is 4. The van der Waals surface area contributed by atoms with Gasteiger partial charge in [0.1, 0.15) is 11.9 Å². The van der Waals surface area contributed by atoms with Crippen molar-refractivity contribution in [2.24, 2.45) is 0 Å². The number of halogens is 1. The first-order valence-corrected chi connectivity index (χ1v) is 6.82. The molecule has 1 aromatic carbocycles. The van der Waals surface area contributed by atoms with Gasteiger partial charge in [-0.3, -0.25) is 4.79 Å². The Morgan fingerprint density at radius 3 is 2.89 bits per heavy atom. The van der Waals surface area contributed by atoms with E-state index in [1.807, 2.05) is 0 Å². The number of nitrogen functional groups attached to an aromatic ring is 1. The van der Waals surface area contributed by atoms with Gasteiger partial charge in [-0.2, -0.15) is 11.8 Å². The highest BCUT2D eigenvalue weighted by Gasteiger charge is 2.33. The van der Waals surface area contributed by atoms with Crippen molar-refractivity contribution in [3.8, 4) is 0 Å². The summed E-state index contributed by atoms with van der Waals surface area (Å²) in [5.41, 5.74) is 5.81. The second-order valence-corrected chi connectivity index (χ2v) is 5.31. The van der Waals surface area contributed by atoms with Crippen LogP contribution >= 0.6 is 11.8 Å². The quantitative estimate of drug-likeness (QED) is 0.793. The number of aliphatic carboxylic acids is 1. The summed E-state index contributed by atoms with van der Waals surface area (Å²) in [6, 6.07) is 2.61. The van der Waals surface area contributed by atoms with Crippen molar-refractivity contribution in [2.45, 2.75) is 6.04 Å². The summed E-state index contributed by atoms with van der Waals surface area (Å²) < 4.78 is 13.2. The zero-order chi connectivity index (χ0) is 14.0. The molecule has 2 rings (SSSR count). The van der Waals surface area contributed by atoms with Crippen LogP contribution in [0.25, 0.3) is 0 Å². The van der Waals surface area contributed by atoms with Crippen LogP contribution in [0, 0.1) is 5.82 Å². The molecule has 19 heavy (non-hydrogen) atoms. The van der Waals surface area contributed by atoms with Crippen LogP contribution in [0.5, 0.6) is 0 Å². The highest BCUT2D eigenvalue weighted by Crippen LogP contribution is 2.22. The molecule has 1 aromatic rings. The van der Waals surface area contributed by atoms with Gasteiger partial charge >= 0.3 is 5.97 Å². The zero-order valence-corrected chi connectivity index (χ0v) is 10.8. The van der Waals surface area contributed by atoms with E-state index in [1.54, 1.807) is 0 Å². The van der Waals surface area contributed by atoms with Crippen molar-refractivity contribution >= 4 is 29.3 Å². The molecule has 0 aliphatic carbocycles. The molecule has 1 saturated heterocycles. The number of thioether (sulfide) groups is 1. The second kappa shape index (κ2) is 5.48.